The number of carbonyl (C=O) groups is 1. The Labute approximate surface area is 108 Å². The maximum absolute atomic E-state index is 11.4. The molecule has 0 bridgehead atoms. The number of halogens is 1. The molecule has 0 amide bonds. The fourth-order valence-electron chi connectivity index (χ4n) is 2.57. The molecule has 3 nitrogen and oxygen atoms in total. The molecular weight excluding hydrogens is 284 g/mol. The highest BCUT2D eigenvalue weighted by Crippen LogP contribution is 2.54. The van der Waals surface area contributed by atoms with Crippen LogP contribution in [0.3, 0.4) is 0 Å². The zero-order chi connectivity index (χ0) is 12.2. The quantitative estimate of drug-likeness (QED) is 0.913. The monoisotopic (exact) mass is 296 g/mol. The minimum atomic E-state index is -0.735. The summed E-state index contributed by atoms with van der Waals surface area (Å²) in [6.07, 6.45) is 2.42. The summed E-state index contributed by atoms with van der Waals surface area (Å²) >= 11 is 3.46. The molecule has 1 fully saturated rings. The summed E-state index contributed by atoms with van der Waals surface area (Å²) in [7, 11) is 0. The standard InChI is InChI=1S/C13H13BrO3/c1-7-4-8-5-9(14)6-10(11(8)17-7)13(2-3-13)12(15)16/h5-7H,2-4H2,1H3,(H,15,16). The van der Waals surface area contributed by atoms with Gasteiger partial charge in [0.25, 0.3) is 0 Å². The van der Waals surface area contributed by atoms with Crippen LogP contribution in [0.1, 0.15) is 30.9 Å². The summed E-state index contributed by atoms with van der Waals surface area (Å²) in [5.41, 5.74) is 1.27. The lowest BCUT2D eigenvalue weighted by Gasteiger charge is -2.15. The maximum Gasteiger partial charge on any atom is 0.314 e. The van der Waals surface area contributed by atoms with Crippen LogP contribution in [0.25, 0.3) is 0 Å². The normalized spacial score (nSPS) is 24.0. The van der Waals surface area contributed by atoms with E-state index in [2.05, 4.69) is 15.9 Å². The number of carboxylic acid groups (broad SMARTS) is 1. The van der Waals surface area contributed by atoms with Crippen molar-refractivity contribution in [1.29, 1.82) is 0 Å². The first-order valence-electron chi connectivity index (χ1n) is 5.76. The molecule has 90 valence electrons. The summed E-state index contributed by atoms with van der Waals surface area (Å²) < 4.78 is 6.73. The van der Waals surface area contributed by atoms with E-state index in [1.165, 1.54) is 0 Å². The van der Waals surface area contributed by atoms with Crippen LogP contribution in [0.2, 0.25) is 0 Å². The number of rotatable bonds is 2. The molecule has 1 heterocycles. The molecule has 17 heavy (non-hydrogen) atoms. The molecule has 4 heteroatoms. The van der Waals surface area contributed by atoms with Crippen LogP contribution < -0.4 is 4.74 Å². The van der Waals surface area contributed by atoms with Gasteiger partial charge in [-0.2, -0.15) is 0 Å². The predicted octanol–water partition coefficient (Wildman–Crippen LogP) is 2.89. The predicted molar refractivity (Wildman–Crippen MR) is 66.5 cm³/mol. The van der Waals surface area contributed by atoms with Crippen LogP contribution in [0.15, 0.2) is 16.6 Å². The second kappa shape index (κ2) is 3.48. The smallest absolute Gasteiger partial charge is 0.314 e. The van der Waals surface area contributed by atoms with Gasteiger partial charge in [0, 0.05) is 16.5 Å². The lowest BCUT2D eigenvalue weighted by Crippen LogP contribution is -2.20. The number of hydrogen-bond acceptors (Lipinski definition) is 2. The number of carboxylic acids is 1. The van der Waals surface area contributed by atoms with Gasteiger partial charge in [-0.25, -0.2) is 0 Å². The van der Waals surface area contributed by atoms with Crippen molar-refractivity contribution < 1.29 is 14.6 Å². The van der Waals surface area contributed by atoms with E-state index >= 15 is 0 Å². The van der Waals surface area contributed by atoms with E-state index in [-0.39, 0.29) is 6.10 Å². The van der Waals surface area contributed by atoms with Gasteiger partial charge in [-0.05, 0) is 37.5 Å². The molecule has 1 N–H and O–H groups in total. The number of fused-ring (bicyclic) bond motifs is 1. The largest absolute Gasteiger partial charge is 0.490 e. The summed E-state index contributed by atoms with van der Waals surface area (Å²) in [6.45, 7) is 2.01. The minimum Gasteiger partial charge on any atom is -0.490 e. The van der Waals surface area contributed by atoms with Crippen molar-refractivity contribution in [3.8, 4) is 5.75 Å². The minimum absolute atomic E-state index is 0.141. The summed E-state index contributed by atoms with van der Waals surface area (Å²) in [6, 6.07) is 3.93. The summed E-state index contributed by atoms with van der Waals surface area (Å²) in [4.78, 5) is 11.4. The maximum atomic E-state index is 11.4. The first-order chi connectivity index (χ1) is 8.03. The zero-order valence-corrected chi connectivity index (χ0v) is 11.1. The molecule has 1 aliphatic carbocycles. The van der Waals surface area contributed by atoms with Gasteiger partial charge in [0.2, 0.25) is 0 Å². The van der Waals surface area contributed by atoms with Crippen molar-refractivity contribution in [3.05, 3.63) is 27.7 Å². The third kappa shape index (κ3) is 1.58. The molecule has 0 spiro atoms. The molecule has 0 aromatic heterocycles. The van der Waals surface area contributed by atoms with Gasteiger partial charge in [-0.3, -0.25) is 4.79 Å². The van der Waals surface area contributed by atoms with E-state index in [4.69, 9.17) is 4.74 Å². The summed E-state index contributed by atoms with van der Waals surface area (Å²) in [5.74, 6) is 0.0709. The second-order valence-electron chi connectivity index (χ2n) is 4.96. The Morgan fingerprint density at radius 3 is 2.82 bits per heavy atom. The van der Waals surface area contributed by atoms with Crippen molar-refractivity contribution in [1.82, 2.24) is 0 Å². The first-order valence-corrected chi connectivity index (χ1v) is 6.55. The zero-order valence-electron chi connectivity index (χ0n) is 9.50. The van der Waals surface area contributed by atoms with E-state index in [1.807, 2.05) is 19.1 Å². The number of aliphatic carboxylic acids is 1. The molecular formula is C13H13BrO3. The number of benzene rings is 1. The molecule has 1 atom stereocenters. The Bertz CT molecular complexity index is 506. The lowest BCUT2D eigenvalue weighted by atomic mass is 9.93. The molecule has 1 aliphatic heterocycles. The lowest BCUT2D eigenvalue weighted by molar-refractivity contribution is -0.140. The Morgan fingerprint density at radius 1 is 1.53 bits per heavy atom. The van der Waals surface area contributed by atoms with Crippen molar-refractivity contribution in [2.24, 2.45) is 0 Å². The van der Waals surface area contributed by atoms with Crippen molar-refractivity contribution >= 4 is 21.9 Å². The average molecular weight is 297 g/mol. The van der Waals surface area contributed by atoms with Gasteiger partial charge >= 0.3 is 5.97 Å². The Balaban J connectivity index is 2.15. The van der Waals surface area contributed by atoms with E-state index in [9.17, 15) is 9.90 Å². The highest BCUT2D eigenvalue weighted by molar-refractivity contribution is 9.10. The average Bonchev–Trinajstić information content (AvgIpc) is 2.96. The fourth-order valence-corrected chi connectivity index (χ4v) is 3.08. The van der Waals surface area contributed by atoms with Gasteiger partial charge < -0.3 is 9.84 Å². The Morgan fingerprint density at radius 2 is 2.24 bits per heavy atom. The van der Waals surface area contributed by atoms with E-state index in [1.54, 1.807) is 0 Å². The van der Waals surface area contributed by atoms with Crippen LogP contribution in [-0.2, 0) is 16.6 Å². The fraction of sp³-hybridized carbons (Fsp3) is 0.462. The highest BCUT2D eigenvalue weighted by atomic mass is 79.9. The van der Waals surface area contributed by atoms with Crippen molar-refractivity contribution in [2.45, 2.75) is 37.7 Å². The first kappa shape index (κ1) is 11.1. The van der Waals surface area contributed by atoms with Crippen LogP contribution in [0, 0.1) is 0 Å². The van der Waals surface area contributed by atoms with Gasteiger partial charge in [-0.15, -0.1) is 0 Å². The molecule has 1 aromatic carbocycles. The van der Waals surface area contributed by atoms with Crippen LogP contribution in [0.5, 0.6) is 5.75 Å². The van der Waals surface area contributed by atoms with Gasteiger partial charge in [0.05, 0.1) is 5.41 Å². The van der Waals surface area contributed by atoms with E-state index < -0.39 is 11.4 Å². The van der Waals surface area contributed by atoms with Gasteiger partial charge in [0.15, 0.2) is 0 Å². The summed E-state index contributed by atoms with van der Waals surface area (Å²) in [5, 5.41) is 9.37. The molecule has 0 saturated heterocycles. The topological polar surface area (TPSA) is 46.5 Å². The highest BCUT2D eigenvalue weighted by Gasteiger charge is 2.54. The number of hydrogen-bond donors (Lipinski definition) is 1. The third-order valence-corrected chi connectivity index (χ3v) is 4.09. The molecule has 1 unspecified atom stereocenters. The Hall–Kier alpha value is -1.03. The molecule has 3 rings (SSSR count). The van der Waals surface area contributed by atoms with Gasteiger partial charge in [0.1, 0.15) is 11.9 Å². The molecule has 0 radical (unpaired) electrons. The van der Waals surface area contributed by atoms with Crippen LogP contribution >= 0.6 is 15.9 Å². The molecule has 1 aromatic rings. The van der Waals surface area contributed by atoms with E-state index in [0.717, 1.165) is 27.8 Å². The Kier molecular flexibility index (Phi) is 2.27. The van der Waals surface area contributed by atoms with Crippen molar-refractivity contribution in [2.75, 3.05) is 0 Å². The van der Waals surface area contributed by atoms with Crippen LogP contribution in [-0.4, -0.2) is 17.2 Å². The van der Waals surface area contributed by atoms with E-state index in [0.29, 0.717) is 12.8 Å². The third-order valence-electron chi connectivity index (χ3n) is 3.63. The SMILES string of the molecule is CC1Cc2cc(Br)cc(C3(C(=O)O)CC3)c2O1. The van der Waals surface area contributed by atoms with Crippen LogP contribution in [0.4, 0.5) is 0 Å². The van der Waals surface area contributed by atoms with Crippen molar-refractivity contribution in [3.63, 3.8) is 0 Å². The number of ether oxygens (including phenoxy) is 1. The molecule has 2 aliphatic rings. The second-order valence-corrected chi connectivity index (χ2v) is 5.88. The molecule has 1 saturated carbocycles. The van der Waals surface area contributed by atoms with Gasteiger partial charge in [-0.1, -0.05) is 15.9 Å².